The smallest absolute Gasteiger partial charge is 0.410 e. The van der Waals surface area contributed by atoms with Gasteiger partial charge in [0.25, 0.3) is 0 Å². The van der Waals surface area contributed by atoms with Gasteiger partial charge < -0.3 is 9.64 Å². The molecule has 3 rings (SSSR count). The highest BCUT2D eigenvalue weighted by Crippen LogP contribution is 2.54. The van der Waals surface area contributed by atoms with Gasteiger partial charge in [-0.25, -0.2) is 4.79 Å². The van der Waals surface area contributed by atoms with E-state index < -0.39 is 0 Å². The van der Waals surface area contributed by atoms with Gasteiger partial charge in [-0.1, -0.05) is 0 Å². The Balaban J connectivity index is 1.75. The first-order valence-electron chi connectivity index (χ1n) is 5.73. The maximum absolute atomic E-state index is 11.7. The zero-order valence-corrected chi connectivity index (χ0v) is 8.61. The maximum Gasteiger partial charge on any atom is 0.410 e. The maximum atomic E-state index is 11.7. The molecule has 3 fully saturated rings. The normalized spacial score (nSPS) is 43.4. The van der Waals surface area contributed by atoms with E-state index in [2.05, 4.69) is 0 Å². The van der Waals surface area contributed by atoms with Crippen LogP contribution >= 0.6 is 0 Å². The number of rotatable bonds is 1. The van der Waals surface area contributed by atoms with Crippen LogP contribution in [0.25, 0.3) is 0 Å². The Morgan fingerprint density at radius 3 is 2.93 bits per heavy atom. The fraction of sp³-hybridized carbons (Fsp3) is 0.909. The molecule has 3 nitrogen and oxygen atoms in total. The van der Waals surface area contributed by atoms with Gasteiger partial charge in [-0.05, 0) is 43.9 Å². The Morgan fingerprint density at radius 2 is 2.29 bits per heavy atom. The van der Waals surface area contributed by atoms with Crippen LogP contribution in [0.15, 0.2) is 0 Å². The molecule has 3 aliphatic rings. The number of carbonyl (C=O) groups is 1. The first-order chi connectivity index (χ1) is 6.79. The first kappa shape index (κ1) is 8.57. The van der Waals surface area contributed by atoms with Crippen LogP contribution in [0.5, 0.6) is 0 Å². The number of carbonyl (C=O) groups excluding carboxylic acids is 1. The average Bonchev–Trinajstić information content (AvgIpc) is 2.73. The molecular formula is C11H17NO2. The Morgan fingerprint density at radius 1 is 1.43 bits per heavy atom. The van der Waals surface area contributed by atoms with Crippen LogP contribution in [0.4, 0.5) is 4.79 Å². The third kappa shape index (κ3) is 1.01. The summed E-state index contributed by atoms with van der Waals surface area (Å²) >= 11 is 0. The predicted molar refractivity (Wildman–Crippen MR) is 51.8 cm³/mol. The van der Waals surface area contributed by atoms with Crippen molar-refractivity contribution < 1.29 is 9.53 Å². The summed E-state index contributed by atoms with van der Waals surface area (Å²) in [5.74, 6) is 2.52. The van der Waals surface area contributed by atoms with Crippen LogP contribution in [0.1, 0.15) is 26.2 Å². The minimum atomic E-state index is -0.0763. The largest absolute Gasteiger partial charge is 0.450 e. The highest BCUT2D eigenvalue weighted by molar-refractivity contribution is 5.68. The summed E-state index contributed by atoms with van der Waals surface area (Å²) in [6.45, 7) is 3.34. The molecule has 2 aliphatic carbocycles. The van der Waals surface area contributed by atoms with E-state index in [0.717, 1.165) is 24.3 Å². The minimum absolute atomic E-state index is 0.0763. The van der Waals surface area contributed by atoms with E-state index >= 15 is 0 Å². The van der Waals surface area contributed by atoms with Gasteiger partial charge in [0.05, 0.1) is 6.61 Å². The number of ether oxygens (including phenoxy) is 1. The van der Waals surface area contributed by atoms with Crippen molar-refractivity contribution in [3.05, 3.63) is 0 Å². The molecule has 0 radical (unpaired) electrons. The van der Waals surface area contributed by atoms with E-state index in [9.17, 15) is 4.79 Å². The summed E-state index contributed by atoms with van der Waals surface area (Å²) in [5.41, 5.74) is 0. The van der Waals surface area contributed by atoms with Gasteiger partial charge in [-0.15, -0.1) is 0 Å². The summed E-state index contributed by atoms with van der Waals surface area (Å²) in [5, 5.41) is 0. The molecule has 0 spiro atoms. The third-order valence-electron chi connectivity index (χ3n) is 4.25. The van der Waals surface area contributed by atoms with Gasteiger partial charge >= 0.3 is 6.09 Å². The van der Waals surface area contributed by atoms with Crippen molar-refractivity contribution in [2.45, 2.75) is 32.2 Å². The highest BCUT2D eigenvalue weighted by atomic mass is 16.6. The van der Waals surface area contributed by atoms with E-state index in [1.54, 1.807) is 0 Å². The lowest BCUT2D eigenvalue weighted by molar-refractivity contribution is 0.101. The Hall–Kier alpha value is -0.730. The van der Waals surface area contributed by atoms with Gasteiger partial charge in [0.15, 0.2) is 0 Å². The fourth-order valence-corrected chi connectivity index (χ4v) is 3.83. The molecule has 0 aromatic carbocycles. The van der Waals surface area contributed by atoms with Crippen molar-refractivity contribution in [2.24, 2.45) is 17.8 Å². The quantitative estimate of drug-likeness (QED) is 0.639. The predicted octanol–water partition coefficient (Wildman–Crippen LogP) is 1.87. The lowest BCUT2D eigenvalue weighted by Gasteiger charge is -2.23. The molecule has 1 saturated heterocycles. The van der Waals surface area contributed by atoms with E-state index in [1.165, 1.54) is 19.3 Å². The monoisotopic (exact) mass is 195 g/mol. The van der Waals surface area contributed by atoms with Crippen LogP contribution in [-0.2, 0) is 4.74 Å². The SMILES string of the molecule is CCOC(=O)N1CC2CC3CC2C1C3. The van der Waals surface area contributed by atoms with Crippen LogP contribution in [0, 0.1) is 17.8 Å². The van der Waals surface area contributed by atoms with Crippen LogP contribution in [-0.4, -0.2) is 30.2 Å². The molecule has 0 aromatic rings. The standard InChI is InChI=1S/C11H17NO2/c1-2-14-11(13)12-6-8-3-7-4-9(8)10(12)5-7/h7-10H,2-6H2,1H3. The number of hydrogen-bond donors (Lipinski definition) is 0. The van der Waals surface area contributed by atoms with Gasteiger partial charge in [-0.2, -0.15) is 0 Å². The van der Waals surface area contributed by atoms with E-state index in [4.69, 9.17) is 4.74 Å². The average molecular weight is 195 g/mol. The highest BCUT2D eigenvalue weighted by Gasteiger charge is 2.55. The molecule has 0 N–H and O–H groups in total. The second-order valence-electron chi connectivity index (χ2n) is 4.92. The molecule has 4 atom stereocenters. The lowest BCUT2D eigenvalue weighted by Crippen LogP contribution is -2.36. The third-order valence-corrected chi connectivity index (χ3v) is 4.25. The summed E-state index contributed by atoms with van der Waals surface area (Å²) in [4.78, 5) is 13.6. The zero-order valence-electron chi connectivity index (χ0n) is 8.61. The molecular weight excluding hydrogens is 178 g/mol. The molecule has 1 aliphatic heterocycles. The molecule has 78 valence electrons. The molecule has 14 heavy (non-hydrogen) atoms. The Kier molecular flexibility index (Phi) is 1.76. The van der Waals surface area contributed by atoms with E-state index in [-0.39, 0.29) is 6.09 Å². The topological polar surface area (TPSA) is 29.5 Å². The van der Waals surface area contributed by atoms with Crippen molar-refractivity contribution in [1.29, 1.82) is 0 Å². The van der Waals surface area contributed by atoms with E-state index in [0.29, 0.717) is 12.6 Å². The Labute approximate surface area is 84.4 Å². The zero-order chi connectivity index (χ0) is 9.71. The van der Waals surface area contributed by atoms with Crippen LogP contribution in [0.2, 0.25) is 0 Å². The summed E-state index contributed by atoms with van der Waals surface area (Å²) in [6.07, 6.45) is 3.88. The molecule has 2 saturated carbocycles. The number of likely N-dealkylation sites (tertiary alicyclic amines) is 1. The van der Waals surface area contributed by atoms with Gasteiger partial charge in [0.1, 0.15) is 0 Å². The number of amides is 1. The molecule has 1 amide bonds. The van der Waals surface area contributed by atoms with Gasteiger partial charge in [0.2, 0.25) is 0 Å². The number of nitrogens with zero attached hydrogens (tertiary/aromatic N) is 1. The molecule has 0 aromatic heterocycles. The summed E-state index contributed by atoms with van der Waals surface area (Å²) in [6, 6.07) is 0.526. The van der Waals surface area contributed by atoms with E-state index in [1.807, 2.05) is 11.8 Å². The number of fused-ring (bicyclic) bond motifs is 1. The lowest BCUT2D eigenvalue weighted by atomic mass is 9.90. The molecule has 1 heterocycles. The summed E-state index contributed by atoms with van der Waals surface area (Å²) < 4.78 is 5.09. The van der Waals surface area contributed by atoms with Gasteiger partial charge in [0, 0.05) is 12.6 Å². The summed E-state index contributed by atoms with van der Waals surface area (Å²) in [7, 11) is 0. The minimum Gasteiger partial charge on any atom is -0.450 e. The second kappa shape index (κ2) is 2.88. The van der Waals surface area contributed by atoms with Gasteiger partial charge in [-0.3, -0.25) is 0 Å². The van der Waals surface area contributed by atoms with Crippen LogP contribution < -0.4 is 0 Å². The first-order valence-corrected chi connectivity index (χ1v) is 5.73. The van der Waals surface area contributed by atoms with Crippen molar-refractivity contribution >= 4 is 6.09 Å². The van der Waals surface area contributed by atoms with Crippen molar-refractivity contribution in [2.75, 3.05) is 13.2 Å². The molecule has 3 heteroatoms. The van der Waals surface area contributed by atoms with Crippen LogP contribution in [0.3, 0.4) is 0 Å². The number of hydrogen-bond acceptors (Lipinski definition) is 2. The van der Waals surface area contributed by atoms with Crippen molar-refractivity contribution in [3.8, 4) is 0 Å². The molecule has 2 bridgehead atoms. The molecule has 4 unspecified atom stereocenters. The van der Waals surface area contributed by atoms with Crippen molar-refractivity contribution in [3.63, 3.8) is 0 Å². The Bertz CT molecular complexity index is 264. The fourth-order valence-electron chi connectivity index (χ4n) is 3.83. The second-order valence-corrected chi connectivity index (χ2v) is 4.92. The van der Waals surface area contributed by atoms with Crippen molar-refractivity contribution in [1.82, 2.24) is 4.90 Å².